The lowest BCUT2D eigenvalue weighted by atomic mass is 10.1. The normalized spacial score (nSPS) is 11.9. The molecule has 88 valence electrons. The summed E-state index contributed by atoms with van der Waals surface area (Å²) in [6, 6.07) is 4.32. The van der Waals surface area contributed by atoms with Crippen molar-refractivity contribution in [2.45, 2.75) is 6.04 Å². The third kappa shape index (κ3) is 2.25. The van der Waals surface area contributed by atoms with E-state index in [2.05, 4.69) is 5.32 Å². The molecule has 0 unspecified atom stereocenters. The smallest absolute Gasteiger partial charge is 0.325 e. The summed E-state index contributed by atoms with van der Waals surface area (Å²) in [6.07, 6.45) is 0. The number of para-hydroxylation sites is 1. The van der Waals surface area contributed by atoms with E-state index in [0.29, 0.717) is 17.1 Å². The highest BCUT2D eigenvalue weighted by molar-refractivity contribution is 5.77. The molecule has 0 radical (unpaired) electrons. The van der Waals surface area contributed by atoms with Crippen LogP contribution in [0.3, 0.4) is 0 Å². The van der Waals surface area contributed by atoms with Crippen molar-refractivity contribution in [2.24, 2.45) is 0 Å². The molecule has 0 fully saturated rings. The van der Waals surface area contributed by atoms with Gasteiger partial charge in [-0.05, 0) is 13.1 Å². The van der Waals surface area contributed by atoms with E-state index < -0.39 is 12.0 Å². The predicted octanol–water partition coefficient (Wildman–Crippen LogP) is 1.05. The average molecular weight is 225 g/mol. The molecule has 16 heavy (non-hydrogen) atoms. The molecule has 0 aliphatic carbocycles. The van der Waals surface area contributed by atoms with Gasteiger partial charge in [-0.15, -0.1) is 0 Å². The number of carboxylic acids is 1. The lowest BCUT2D eigenvalue weighted by Crippen LogP contribution is -2.25. The van der Waals surface area contributed by atoms with Gasteiger partial charge in [-0.25, -0.2) is 0 Å². The summed E-state index contributed by atoms with van der Waals surface area (Å²) in [5, 5.41) is 11.8. The fraction of sp³-hybridized carbons (Fsp3) is 0.364. The van der Waals surface area contributed by atoms with Crippen LogP contribution in [-0.2, 0) is 4.79 Å². The van der Waals surface area contributed by atoms with E-state index in [0.717, 1.165) is 0 Å². The second kappa shape index (κ2) is 5.37. The maximum Gasteiger partial charge on any atom is 0.325 e. The van der Waals surface area contributed by atoms with Crippen molar-refractivity contribution in [2.75, 3.05) is 21.3 Å². The van der Waals surface area contributed by atoms with Crippen LogP contribution in [0.2, 0.25) is 0 Å². The van der Waals surface area contributed by atoms with Gasteiger partial charge in [0.2, 0.25) is 0 Å². The van der Waals surface area contributed by atoms with Crippen LogP contribution in [0.5, 0.6) is 11.5 Å². The Balaban J connectivity index is 3.25. The van der Waals surface area contributed by atoms with Crippen LogP contribution in [0.1, 0.15) is 11.6 Å². The number of benzene rings is 1. The van der Waals surface area contributed by atoms with E-state index in [1.165, 1.54) is 14.2 Å². The highest BCUT2D eigenvalue weighted by Crippen LogP contribution is 2.34. The highest BCUT2D eigenvalue weighted by Gasteiger charge is 2.23. The minimum atomic E-state index is -0.964. The minimum Gasteiger partial charge on any atom is -0.493 e. The van der Waals surface area contributed by atoms with E-state index in [4.69, 9.17) is 14.6 Å². The molecule has 0 aliphatic heterocycles. The lowest BCUT2D eigenvalue weighted by Gasteiger charge is -2.17. The largest absolute Gasteiger partial charge is 0.493 e. The first-order valence-corrected chi connectivity index (χ1v) is 4.76. The van der Waals surface area contributed by atoms with Gasteiger partial charge >= 0.3 is 5.97 Å². The molecular weight excluding hydrogens is 210 g/mol. The quantitative estimate of drug-likeness (QED) is 0.784. The molecule has 0 saturated carbocycles. The van der Waals surface area contributed by atoms with Crippen LogP contribution in [0.25, 0.3) is 0 Å². The van der Waals surface area contributed by atoms with Crippen LogP contribution in [0, 0.1) is 0 Å². The van der Waals surface area contributed by atoms with Crippen LogP contribution < -0.4 is 14.8 Å². The molecule has 1 rings (SSSR count). The molecule has 0 bridgehead atoms. The van der Waals surface area contributed by atoms with Crippen LogP contribution >= 0.6 is 0 Å². The lowest BCUT2D eigenvalue weighted by molar-refractivity contribution is -0.139. The second-order valence-electron chi connectivity index (χ2n) is 3.14. The van der Waals surface area contributed by atoms with Gasteiger partial charge in [0.15, 0.2) is 11.5 Å². The summed E-state index contributed by atoms with van der Waals surface area (Å²) in [5.41, 5.74) is 0.539. The summed E-state index contributed by atoms with van der Waals surface area (Å²) >= 11 is 0. The molecule has 0 spiro atoms. The maximum atomic E-state index is 11.0. The Morgan fingerprint density at radius 2 is 2.06 bits per heavy atom. The van der Waals surface area contributed by atoms with Gasteiger partial charge in [-0.1, -0.05) is 12.1 Å². The molecule has 1 atom stereocenters. The number of carbonyl (C=O) groups is 1. The van der Waals surface area contributed by atoms with Gasteiger partial charge in [-0.2, -0.15) is 0 Å². The summed E-state index contributed by atoms with van der Waals surface area (Å²) < 4.78 is 10.3. The molecule has 0 saturated heterocycles. The van der Waals surface area contributed by atoms with Crippen LogP contribution in [-0.4, -0.2) is 32.3 Å². The fourth-order valence-corrected chi connectivity index (χ4v) is 1.55. The van der Waals surface area contributed by atoms with Crippen molar-refractivity contribution in [1.82, 2.24) is 5.32 Å². The predicted molar refractivity (Wildman–Crippen MR) is 59.0 cm³/mol. The Kier molecular flexibility index (Phi) is 4.13. The first kappa shape index (κ1) is 12.3. The molecule has 0 amide bonds. The third-order valence-electron chi connectivity index (χ3n) is 2.28. The number of rotatable bonds is 5. The number of carboxylic acid groups (broad SMARTS) is 1. The van der Waals surface area contributed by atoms with Crippen molar-refractivity contribution in [3.8, 4) is 11.5 Å². The van der Waals surface area contributed by atoms with Gasteiger partial charge in [0.25, 0.3) is 0 Å². The number of aliphatic carboxylic acids is 1. The first-order valence-electron chi connectivity index (χ1n) is 4.76. The average Bonchev–Trinajstić information content (AvgIpc) is 2.29. The second-order valence-corrected chi connectivity index (χ2v) is 3.14. The summed E-state index contributed by atoms with van der Waals surface area (Å²) in [5.74, 6) is -0.0118. The van der Waals surface area contributed by atoms with Crippen molar-refractivity contribution in [3.05, 3.63) is 23.8 Å². The van der Waals surface area contributed by atoms with Crippen molar-refractivity contribution in [3.63, 3.8) is 0 Å². The molecule has 5 heteroatoms. The summed E-state index contributed by atoms with van der Waals surface area (Å²) in [6.45, 7) is 0. The Bertz CT molecular complexity index is 378. The van der Waals surface area contributed by atoms with Crippen LogP contribution in [0.4, 0.5) is 0 Å². The van der Waals surface area contributed by atoms with Gasteiger partial charge < -0.3 is 19.9 Å². The van der Waals surface area contributed by atoms with Gasteiger partial charge in [-0.3, -0.25) is 4.79 Å². The van der Waals surface area contributed by atoms with Gasteiger partial charge in [0, 0.05) is 5.56 Å². The van der Waals surface area contributed by atoms with Gasteiger partial charge in [0.05, 0.1) is 14.2 Å². The number of likely N-dealkylation sites (N-methyl/N-ethyl adjacent to an activating group) is 1. The molecule has 0 heterocycles. The number of hydrogen-bond acceptors (Lipinski definition) is 4. The van der Waals surface area contributed by atoms with Gasteiger partial charge in [0.1, 0.15) is 6.04 Å². The van der Waals surface area contributed by atoms with Crippen LogP contribution in [0.15, 0.2) is 18.2 Å². The summed E-state index contributed by atoms with van der Waals surface area (Å²) in [7, 11) is 4.57. The monoisotopic (exact) mass is 225 g/mol. The van der Waals surface area contributed by atoms with E-state index in [1.54, 1.807) is 25.2 Å². The molecule has 0 aromatic heterocycles. The first-order chi connectivity index (χ1) is 7.65. The molecule has 1 aromatic carbocycles. The topological polar surface area (TPSA) is 67.8 Å². The summed E-state index contributed by atoms with van der Waals surface area (Å²) in [4.78, 5) is 11.0. The number of methoxy groups -OCH3 is 2. The zero-order valence-corrected chi connectivity index (χ0v) is 9.48. The Morgan fingerprint density at radius 1 is 1.38 bits per heavy atom. The fourth-order valence-electron chi connectivity index (χ4n) is 1.55. The van der Waals surface area contributed by atoms with Crippen molar-refractivity contribution >= 4 is 5.97 Å². The van der Waals surface area contributed by atoms with E-state index >= 15 is 0 Å². The van der Waals surface area contributed by atoms with E-state index in [-0.39, 0.29) is 0 Å². The minimum absolute atomic E-state index is 0.437. The highest BCUT2D eigenvalue weighted by atomic mass is 16.5. The number of hydrogen-bond donors (Lipinski definition) is 2. The van der Waals surface area contributed by atoms with Crippen molar-refractivity contribution < 1.29 is 19.4 Å². The van der Waals surface area contributed by atoms with E-state index in [9.17, 15) is 4.79 Å². The number of nitrogens with one attached hydrogen (secondary N) is 1. The Morgan fingerprint density at radius 3 is 2.50 bits per heavy atom. The third-order valence-corrected chi connectivity index (χ3v) is 2.28. The molecule has 2 N–H and O–H groups in total. The molecule has 1 aromatic rings. The number of ether oxygens (including phenoxy) is 2. The molecule has 5 nitrogen and oxygen atoms in total. The zero-order chi connectivity index (χ0) is 12.1. The molecule has 0 aliphatic rings. The zero-order valence-electron chi connectivity index (χ0n) is 9.48. The van der Waals surface area contributed by atoms with E-state index in [1.807, 2.05) is 0 Å². The Labute approximate surface area is 94.0 Å². The Hall–Kier alpha value is -1.75. The maximum absolute atomic E-state index is 11.0. The SMILES string of the molecule is CN[C@H](C(=O)O)c1cccc(OC)c1OC. The van der Waals surface area contributed by atoms with Crippen molar-refractivity contribution in [1.29, 1.82) is 0 Å². The standard InChI is InChI=1S/C11H15NO4/c1-12-9(11(13)14)7-5-4-6-8(15-2)10(7)16-3/h4-6,9,12H,1-3H3,(H,13,14)/t9-/m0/s1. The molecular formula is C11H15NO4.